The molecule has 6 heteroatoms. The second-order valence-corrected chi connectivity index (χ2v) is 9.76. The highest BCUT2D eigenvalue weighted by molar-refractivity contribution is 5.83. The van der Waals surface area contributed by atoms with Crippen molar-refractivity contribution in [3.63, 3.8) is 0 Å². The predicted molar refractivity (Wildman–Crippen MR) is 138 cm³/mol. The van der Waals surface area contributed by atoms with Crippen molar-refractivity contribution in [1.82, 2.24) is 9.88 Å². The summed E-state index contributed by atoms with van der Waals surface area (Å²) in [7, 11) is 1.62. The molecule has 0 amide bonds. The summed E-state index contributed by atoms with van der Waals surface area (Å²) in [5.41, 5.74) is 4.24. The van der Waals surface area contributed by atoms with E-state index in [-0.39, 0.29) is 5.92 Å². The molecule has 2 N–H and O–H groups in total. The van der Waals surface area contributed by atoms with Gasteiger partial charge in [0, 0.05) is 18.1 Å². The van der Waals surface area contributed by atoms with Gasteiger partial charge < -0.3 is 19.8 Å². The van der Waals surface area contributed by atoms with Crippen LogP contribution in [-0.2, 0) is 11.2 Å². The van der Waals surface area contributed by atoms with E-state index in [4.69, 9.17) is 4.74 Å². The average Bonchev–Trinajstić information content (AvgIpc) is 2.87. The number of ether oxygens (including phenoxy) is 1. The normalized spacial score (nSPS) is 19.5. The fourth-order valence-corrected chi connectivity index (χ4v) is 5.36. The van der Waals surface area contributed by atoms with Crippen LogP contribution in [-0.4, -0.2) is 52.8 Å². The molecule has 3 aromatic rings. The first-order valence-corrected chi connectivity index (χ1v) is 12.6. The zero-order chi connectivity index (χ0) is 24.8. The topological polar surface area (TPSA) is 82.9 Å². The van der Waals surface area contributed by atoms with Crippen LogP contribution < -0.4 is 4.74 Å². The number of hydrogen-bond acceptors (Lipinski definition) is 5. The Morgan fingerprint density at radius 2 is 2.09 bits per heavy atom. The maximum absolute atomic E-state index is 12.1. The summed E-state index contributed by atoms with van der Waals surface area (Å²) in [5, 5.41) is 21.8. The molecular formula is C29H36N2O4. The molecule has 1 saturated heterocycles. The van der Waals surface area contributed by atoms with Crippen molar-refractivity contribution in [2.24, 2.45) is 11.8 Å². The smallest absolute Gasteiger partial charge is 0.308 e. The lowest BCUT2D eigenvalue weighted by molar-refractivity contribution is -0.146. The highest BCUT2D eigenvalue weighted by Crippen LogP contribution is 2.33. The zero-order valence-electron chi connectivity index (χ0n) is 20.7. The molecule has 1 aromatic heterocycles. The van der Waals surface area contributed by atoms with Gasteiger partial charge >= 0.3 is 5.97 Å². The van der Waals surface area contributed by atoms with Crippen molar-refractivity contribution in [3.8, 4) is 5.75 Å². The summed E-state index contributed by atoms with van der Waals surface area (Å²) in [6.07, 6.45) is 5.13. The third-order valence-corrected chi connectivity index (χ3v) is 7.33. The van der Waals surface area contributed by atoms with Gasteiger partial charge in [0.25, 0.3) is 0 Å². The molecular weight excluding hydrogens is 440 g/mol. The summed E-state index contributed by atoms with van der Waals surface area (Å²) in [6.45, 7) is 4.52. The van der Waals surface area contributed by atoms with Gasteiger partial charge in [0.05, 0.1) is 24.6 Å². The maximum atomic E-state index is 12.1. The number of piperidine rings is 1. The van der Waals surface area contributed by atoms with E-state index in [1.165, 1.54) is 11.1 Å². The molecule has 0 bridgehead atoms. The standard InChI is InChI=1S/C29H36N2O4/c1-20-5-3-6-21(17-20)7-4-15-31-16-13-22(26(19-31)29(33)34)8-11-28(32)24-12-14-30-27-10-9-23(35-2)18-25(24)27/h3,5-6,9-10,12,14,17-18,22,26,28,32H,4,7-8,11,13,15-16,19H2,1-2H3,(H,33,34)/t22-,26+,28-/m1/s1. The van der Waals surface area contributed by atoms with Crippen LogP contribution in [0.25, 0.3) is 10.9 Å². The number of carboxylic acids is 1. The van der Waals surface area contributed by atoms with Crippen LogP contribution >= 0.6 is 0 Å². The summed E-state index contributed by atoms with van der Waals surface area (Å²) >= 11 is 0. The number of aliphatic carboxylic acids is 1. The quantitative estimate of drug-likeness (QED) is 0.428. The monoisotopic (exact) mass is 476 g/mol. The van der Waals surface area contributed by atoms with E-state index in [2.05, 4.69) is 41.1 Å². The van der Waals surface area contributed by atoms with Crippen LogP contribution in [0.5, 0.6) is 5.75 Å². The number of likely N-dealkylation sites (tertiary alicyclic amines) is 1. The lowest BCUT2D eigenvalue weighted by atomic mass is 9.81. The molecule has 186 valence electrons. The first-order valence-electron chi connectivity index (χ1n) is 12.6. The van der Waals surface area contributed by atoms with Crippen LogP contribution in [0.4, 0.5) is 0 Å². The number of aromatic nitrogens is 1. The van der Waals surface area contributed by atoms with Crippen LogP contribution in [0.15, 0.2) is 54.7 Å². The Kier molecular flexibility index (Phi) is 8.37. The minimum Gasteiger partial charge on any atom is -0.497 e. The molecule has 0 radical (unpaired) electrons. The van der Waals surface area contributed by atoms with Crippen LogP contribution in [0.2, 0.25) is 0 Å². The number of pyridine rings is 1. The molecule has 3 atom stereocenters. The van der Waals surface area contributed by atoms with E-state index >= 15 is 0 Å². The minimum atomic E-state index is -0.730. The SMILES string of the molecule is COc1ccc2nccc([C@H](O)CC[C@@H]3CCN(CCCc4cccc(C)c4)C[C@@H]3C(=O)O)c2c1. The maximum Gasteiger partial charge on any atom is 0.308 e. The van der Waals surface area contributed by atoms with E-state index in [1.807, 2.05) is 24.3 Å². The molecule has 2 aromatic carbocycles. The number of nitrogens with zero attached hydrogens (tertiary/aromatic N) is 2. The number of benzene rings is 2. The van der Waals surface area contributed by atoms with Crippen LogP contribution in [0.1, 0.15) is 48.5 Å². The largest absolute Gasteiger partial charge is 0.497 e. The van der Waals surface area contributed by atoms with Crippen LogP contribution in [0, 0.1) is 18.8 Å². The summed E-state index contributed by atoms with van der Waals surface area (Å²) in [4.78, 5) is 18.8. The molecule has 6 nitrogen and oxygen atoms in total. The van der Waals surface area contributed by atoms with Gasteiger partial charge in [0.2, 0.25) is 0 Å². The number of fused-ring (bicyclic) bond motifs is 1. The number of carboxylic acid groups (broad SMARTS) is 1. The van der Waals surface area contributed by atoms with Crippen molar-refractivity contribution >= 4 is 16.9 Å². The third kappa shape index (κ3) is 6.38. The minimum absolute atomic E-state index is 0.0674. The Morgan fingerprint density at radius 3 is 2.86 bits per heavy atom. The Morgan fingerprint density at radius 1 is 1.23 bits per heavy atom. The number of hydrogen-bond donors (Lipinski definition) is 2. The fraction of sp³-hybridized carbons (Fsp3) is 0.448. The second-order valence-electron chi connectivity index (χ2n) is 9.76. The molecule has 35 heavy (non-hydrogen) atoms. The number of aliphatic hydroxyl groups excluding tert-OH is 1. The van der Waals surface area contributed by atoms with Crippen molar-refractivity contribution in [1.29, 1.82) is 0 Å². The number of rotatable bonds is 10. The molecule has 1 fully saturated rings. The van der Waals surface area contributed by atoms with Gasteiger partial charge in [0.1, 0.15) is 5.75 Å². The number of aryl methyl sites for hydroxylation is 2. The van der Waals surface area contributed by atoms with Gasteiger partial charge in [-0.1, -0.05) is 29.8 Å². The Labute approximate surface area is 207 Å². The number of carbonyl (C=O) groups is 1. The van der Waals surface area contributed by atoms with Gasteiger partial charge in [-0.3, -0.25) is 9.78 Å². The average molecular weight is 477 g/mol. The van der Waals surface area contributed by atoms with Gasteiger partial charge in [-0.25, -0.2) is 0 Å². The molecule has 4 rings (SSSR count). The van der Waals surface area contributed by atoms with E-state index in [1.54, 1.807) is 13.3 Å². The molecule has 0 saturated carbocycles. The lowest BCUT2D eigenvalue weighted by Crippen LogP contribution is -2.44. The second kappa shape index (κ2) is 11.6. The Hall–Kier alpha value is -2.96. The van der Waals surface area contributed by atoms with E-state index in [9.17, 15) is 15.0 Å². The van der Waals surface area contributed by atoms with E-state index in [0.717, 1.165) is 54.6 Å². The van der Waals surface area contributed by atoms with Gasteiger partial charge in [0.15, 0.2) is 0 Å². The van der Waals surface area contributed by atoms with Crippen molar-refractivity contribution in [2.45, 2.75) is 45.1 Å². The zero-order valence-corrected chi connectivity index (χ0v) is 20.7. The van der Waals surface area contributed by atoms with Crippen molar-refractivity contribution in [2.75, 3.05) is 26.7 Å². The molecule has 1 aliphatic heterocycles. The number of methoxy groups -OCH3 is 1. The molecule has 0 spiro atoms. The van der Waals surface area contributed by atoms with Gasteiger partial charge in [-0.2, -0.15) is 0 Å². The summed E-state index contributed by atoms with van der Waals surface area (Å²) in [6, 6.07) is 16.1. The molecule has 0 aliphatic carbocycles. The first-order chi connectivity index (χ1) is 16.9. The lowest BCUT2D eigenvalue weighted by Gasteiger charge is -2.37. The van der Waals surface area contributed by atoms with Crippen LogP contribution in [0.3, 0.4) is 0 Å². The fourth-order valence-electron chi connectivity index (χ4n) is 5.36. The van der Waals surface area contributed by atoms with E-state index < -0.39 is 18.0 Å². The van der Waals surface area contributed by atoms with Crippen molar-refractivity contribution < 1.29 is 19.7 Å². The van der Waals surface area contributed by atoms with Crippen molar-refractivity contribution in [3.05, 3.63) is 71.4 Å². The highest BCUT2D eigenvalue weighted by atomic mass is 16.5. The summed E-state index contributed by atoms with van der Waals surface area (Å²) < 4.78 is 5.34. The Bertz CT molecular complexity index is 1150. The Balaban J connectivity index is 1.33. The molecule has 2 heterocycles. The van der Waals surface area contributed by atoms with Gasteiger partial charge in [-0.15, -0.1) is 0 Å². The first kappa shape index (κ1) is 25.1. The molecule has 0 unspecified atom stereocenters. The molecule has 1 aliphatic rings. The number of aliphatic hydroxyl groups is 1. The highest BCUT2D eigenvalue weighted by Gasteiger charge is 2.34. The summed E-state index contributed by atoms with van der Waals surface area (Å²) in [5.74, 6) is -0.339. The van der Waals surface area contributed by atoms with E-state index in [0.29, 0.717) is 19.4 Å². The third-order valence-electron chi connectivity index (χ3n) is 7.33. The predicted octanol–water partition coefficient (Wildman–Crippen LogP) is 5.02. The van der Waals surface area contributed by atoms with Gasteiger partial charge in [-0.05, 0) is 93.4 Å².